The molecule has 0 bridgehead atoms. The Balaban J connectivity index is 1.71. The number of fused-ring (bicyclic) bond motifs is 1. The molecule has 1 N–H and O–H groups in total. The Morgan fingerprint density at radius 2 is 1.77 bits per heavy atom. The first-order chi connectivity index (χ1) is 14.6. The number of alkyl halides is 3. The van der Waals surface area contributed by atoms with Gasteiger partial charge in [0.25, 0.3) is 0 Å². The summed E-state index contributed by atoms with van der Waals surface area (Å²) in [5, 5.41) is 3.10. The van der Waals surface area contributed by atoms with Crippen LogP contribution in [0.4, 0.5) is 18.9 Å². The number of aryl methyl sites for hydroxylation is 2. The quantitative estimate of drug-likeness (QED) is 0.590. The standard InChI is InChI=1S/C23H23F3N2O3/c1-4-28(12-21(29)27-19-8-6-5-7-18(19)23(24,25)26)22(30)11-16-13-31-20-10-15(3)14(2)9-17(16)20/h5-10,13H,4,11-12H2,1-3H3,(H,27,29). The zero-order valence-corrected chi connectivity index (χ0v) is 17.5. The minimum absolute atomic E-state index is 0.0236. The molecule has 3 aromatic rings. The molecule has 31 heavy (non-hydrogen) atoms. The van der Waals surface area contributed by atoms with Crippen molar-refractivity contribution in [3.05, 3.63) is 64.9 Å². The van der Waals surface area contributed by atoms with E-state index < -0.39 is 17.6 Å². The van der Waals surface area contributed by atoms with Crippen molar-refractivity contribution < 1.29 is 27.2 Å². The maximum absolute atomic E-state index is 13.1. The predicted octanol–water partition coefficient (Wildman–Crippen LogP) is 5.10. The molecule has 5 nitrogen and oxygen atoms in total. The summed E-state index contributed by atoms with van der Waals surface area (Å²) in [5.41, 5.74) is 2.24. The van der Waals surface area contributed by atoms with Crippen molar-refractivity contribution in [2.24, 2.45) is 0 Å². The first-order valence-electron chi connectivity index (χ1n) is 9.81. The van der Waals surface area contributed by atoms with Gasteiger partial charge in [-0.25, -0.2) is 0 Å². The Kier molecular flexibility index (Phi) is 6.38. The molecule has 0 spiro atoms. The van der Waals surface area contributed by atoms with E-state index in [1.807, 2.05) is 26.0 Å². The summed E-state index contributed by atoms with van der Waals surface area (Å²) in [6.07, 6.45) is -3.05. The number of likely N-dealkylation sites (N-methyl/N-ethyl adjacent to an activating group) is 1. The molecule has 0 fully saturated rings. The lowest BCUT2D eigenvalue weighted by atomic mass is 10.0. The summed E-state index contributed by atoms with van der Waals surface area (Å²) in [6.45, 7) is 5.53. The molecule has 0 saturated heterocycles. The zero-order valence-electron chi connectivity index (χ0n) is 17.5. The third kappa shape index (κ3) is 5.07. The average molecular weight is 432 g/mol. The highest BCUT2D eigenvalue weighted by molar-refractivity contribution is 5.96. The Morgan fingerprint density at radius 1 is 1.10 bits per heavy atom. The molecular formula is C23H23F3N2O3. The zero-order chi connectivity index (χ0) is 22.8. The second kappa shape index (κ2) is 8.83. The highest BCUT2D eigenvalue weighted by Gasteiger charge is 2.33. The molecule has 8 heteroatoms. The predicted molar refractivity (Wildman–Crippen MR) is 112 cm³/mol. The van der Waals surface area contributed by atoms with Gasteiger partial charge < -0.3 is 14.6 Å². The Bertz CT molecular complexity index is 1120. The number of nitrogens with one attached hydrogen (secondary N) is 1. The summed E-state index contributed by atoms with van der Waals surface area (Å²) in [7, 11) is 0. The molecular weight excluding hydrogens is 409 g/mol. The molecule has 0 radical (unpaired) electrons. The van der Waals surface area contributed by atoms with Crippen LogP contribution in [0, 0.1) is 13.8 Å². The number of rotatable bonds is 6. The lowest BCUT2D eigenvalue weighted by Crippen LogP contribution is -2.38. The van der Waals surface area contributed by atoms with Gasteiger partial charge in [-0.3, -0.25) is 9.59 Å². The number of furan rings is 1. The van der Waals surface area contributed by atoms with Gasteiger partial charge >= 0.3 is 6.18 Å². The fourth-order valence-electron chi connectivity index (χ4n) is 3.33. The third-order valence-electron chi connectivity index (χ3n) is 5.19. The van der Waals surface area contributed by atoms with Crippen LogP contribution in [0.5, 0.6) is 0 Å². The number of nitrogens with zero attached hydrogens (tertiary/aromatic N) is 1. The van der Waals surface area contributed by atoms with Gasteiger partial charge in [0.1, 0.15) is 5.58 Å². The van der Waals surface area contributed by atoms with E-state index in [0.29, 0.717) is 11.1 Å². The van der Waals surface area contributed by atoms with E-state index in [-0.39, 0.29) is 31.1 Å². The van der Waals surface area contributed by atoms with E-state index in [1.165, 1.54) is 29.4 Å². The smallest absolute Gasteiger partial charge is 0.418 e. The number of hydrogen-bond acceptors (Lipinski definition) is 3. The summed E-state index contributed by atoms with van der Waals surface area (Å²) < 4.78 is 44.9. The highest BCUT2D eigenvalue weighted by atomic mass is 19.4. The molecule has 0 atom stereocenters. The molecule has 1 aromatic heterocycles. The third-order valence-corrected chi connectivity index (χ3v) is 5.19. The normalized spacial score (nSPS) is 11.5. The van der Waals surface area contributed by atoms with Crippen LogP contribution in [0.25, 0.3) is 11.0 Å². The summed E-state index contributed by atoms with van der Waals surface area (Å²) >= 11 is 0. The van der Waals surface area contributed by atoms with Crippen LogP contribution in [0.15, 0.2) is 47.1 Å². The SMILES string of the molecule is CCN(CC(=O)Nc1ccccc1C(F)(F)F)C(=O)Cc1coc2cc(C)c(C)cc12. The number of halogens is 3. The lowest BCUT2D eigenvalue weighted by molar-refractivity contribution is -0.137. The monoisotopic (exact) mass is 432 g/mol. The van der Waals surface area contributed by atoms with E-state index >= 15 is 0 Å². The first-order valence-corrected chi connectivity index (χ1v) is 9.81. The molecule has 0 aliphatic rings. The molecule has 1 heterocycles. The van der Waals surface area contributed by atoms with E-state index in [1.54, 1.807) is 6.92 Å². The molecule has 0 saturated carbocycles. The summed E-state index contributed by atoms with van der Waals surface area (Å²) in [5.74, 6) is -1.02. The van der Waals surface area contributed by atoms with Crippen LogP contribution in [0.2, 0.25) is 0 Å². The van der Waals surface area contributed by atoms with Gasteiger partial charge in [0, 0.05) is 17.5 Å². The Morgan fingerprint density at radius 3 is 2.45 bits per heavy atom. The van der Waals surface area contributed by atoms with Gasteiger partial charge in [-0.05, 0) is 56.2 Å². The second-order valence-corrected chi connectivity index (χ2v) is 7.37. The lowest BCUT2D eigenvalue weighted by Gasteiger charge is -2.21. The van der Waals surface area contributed by atoms with Crippen molar-refractivity contribution >= 4 is 28.5 Å². The van der Waals surface area contributed by atoms with Crippen molar-refractivity contribution in [3.63, 3.8) is 0 Å². The van der Waals surface area contributed by atoms with Crippen LogP contribution in [0.3, 0.4) is 0 Å². The Labute approximate surface area is 177 Å². The maximum atomic E-state index is 13.1. The fourth-order valence-corrected chi connectivity index (χ4v) is 3.33. The number of para-hydroxylation sites is 1. The van der Waals surface area contributed by atoms with E-state index in [0.717, 1.165) is 22.6 Å². The minimum Gasteiger partial charge on any atom is -0.464 e. The van der Waals surface area contributed by atoms with Gasteiger partial charge in [-0.15, -0.1) is 0 Å². The number of carbonyl (C=O) groups is 2. The minimum atomic E-state index is -4.59. The topological polar surface area (TPSA) is 62.6 Å². The van der Waals surface area contributed by atoms with Crippen LogP contribution in [-0.2, 0) is 22.2 Å². The van der Waals surface area contributed by atoms with Crippen LogP contribution >= 0.6 is 0 Å². The van der Waals surface area contributed by atoms with Gasteiger partial charge in [0.05, 0.1) is 30.5 Å². The maximum Gasteiger partial charge on any atom is 0.418 e. The van der Waals surface area contributed by atoms with Crippen LogP contribution in [-0.4, -0.2) is 29.8 Å². The second-order valence-electron chi connectivity index (χ2n) is 7.37. The van der Waals surface area contributed by atoms with Crippen molar-refractivity contribution in [3.8, 4) is 0 Å². The average Bonchev–Trinajstić information content (AvgIpc) is 3.07. The van der Waals surface area contributed by atoms with Crippen LogP contribution < -0.4 is 5.32 Å². The first kappa shape index (κ1) is 22.4. The van der Waals surface area contributed by atoms with Crippen molar-refractivity contribution in [2.45, 2.75) is 33.4 Å². The summed E-state index contributed by atoms with van der Waals surface area (Å²) in [6, 6.07) is 8.59. The highest BCUT2D eigenvalue weighted by Crippen LogP contribution is 2.34. The number of amides is 2. The van der Waals surface area contributed by atoms with E-state index in [2.05, 4.69) is 5.32 Å². The molecule has 3 rings (SSSR count). The van der Waals surface area contributed by atoms with E-state index in [4.69, 9.17) is 4.42 Å². The molecule has 2 aromatic carbocycles. The van der Waals surface area contributed by atoms with Crippen molar-refractivity contribution in [1.82, 2.24) is 4.90 Å². The van der Waals surface area contributed by atoms with Crippen molar-refractivity contribution in [2.75, 3.05) is 18.4 Å². The summed E-state index contributed by atoms with van der Waals surface area (Å²) in [4.78, 5) is 26.4. The van der Waals surface area contributed by atoms with Crippen LogP contribution in [0.1, 0.15) is 29.2 Å². The number of hydrogen-bond donors (Lipinski definition) is 1. The molecule has 164 valence electrons. The molecule has 2 amide bonds. The largest absolute Gasteiger partial charge is 0.464 e. The fraction of sp³-hybridized carbons (Fsp3) is 0.304. The van der Waals surface area contributed by atoms with Gasteiger partial charge in [0.2, 0.25) is 11.8 Å². The molecule has 0 aliphatic carbocycles. The van der Waals surface area contributed by atoms with Gasteiger partial charge in [-0.1, -0.05) is 12.1 Å². The number of carbonyl (C=O) groups excluding carboxylic acids is 2. The van der Waals surface area contributed by atoms with Gasteiger partial charge in [-0.2, -0.15) is 13.2 Å². The molecule has 0 aliphatic heterocycles. The number of anilines is 1. The molecule has 0 unspecified atom stereocenters. The Hall–Kier alpha value is -3.29. The van der Waals surface area contributed by atoms with E-state index in [9.17, 15) is 22.8 Å². The number of benzene rings is 2. The van der Waals surface area contributed by atoms with Crippen molar-refractivity contribution in [1.29, 1.82) is 0 Å². The van der Waals surface area contributed by atoms with Gasteiger partial charge in [0.15, 0.2) is 0 Å².